The van der Waals surface area contributed by atoms with E-state index >= 15 is 0 Å². The van der Waals surface area contributed by atoms with E-state index in [4.69, 9.17) is 0 Å². The zero-order valence-corrected chi connectivity index (χ0v) is 13.8. The number of nitrogens with one attached hydrogen (secondary N) is 1. The van der Waals surface area contributed by atoms with Gasteiger partial charge in [-0.15, -0.1) is 0 Å². The molecule has 0 fully saturated rings. The second kappa shape index (κ2) is 8.85. The Bertz CT molecular complexity index is 573. The van der Waals surface area contributed by atoms with E-state index in [2.05, 4.69) is 5.32 Å². The minimum Gasteiger partial charge on any atom is -0.356 e. The molecule has 22 heavy (non-hydrogen) atoms. The number of benzene rings is 1. The Hall–Kier alpha value is -1.47. The lowest BCUT2D eigenvalue weighted by Crippen LogP contribution is -2.30. The summed E-state index contributed by atoms with van der Waals surface area (Å²) in [6, 6.07) is 4.70. The van der Waals surface area contributed by atoms with E-state index in [1.807, 2.05) is 6.92 Å². The lowest BCUT2D eigenvalue weighted by Gasteiger charge is -2.17. The third-order valence-electron chi connectivity index (χ3n) is 3.25. The molecule has 0 radical (unpaired) electrons. The van der Waals surface area contributed by atoms with E-state index in [9.17, 15) is 17.6 Å². The second-order valence-electron chi connectivity index (χ2n) is 5.09. The normalized spacial score (nSPS) is 11.6. The van der Waals surface area contributed by atoms with Crippen molar-refractivity contribution in [3.05, 3.63) is 30.1 Å². The molecule has 7 heteroatoms. The largest absolute Gasteiger partial charge is 0.356 e. The van der Waals surface area contributed by atoms with Gasteiger partial charge in [-0.25, -0.2) is 17.1 Å². The van der Waals surface area contributed by atoms with Gasteiger partial charge in [-0.05, 0) is 37.1 Å². The van der Waals surface area contributed by atoms with Crippen molar-refractivity contribution in [2.75, 3.05) is 20.1 Å². The number of nitrogens with zero attached hydrogens (tertiary/aromatic N) is 1. The van der Waals surface area contributed by atoms with Crippen molar-refractivity contribution in [3.8, 4) is 0 Å². The Labute approximate surface area is 131 Å². The van der Waals surface area contributed by atoms with Gasteiger partial charge in [-0.3, -0.25) is 4.79 Å². The Balaban J connectivity index is 2.45. The van der Waals surface area contributed by atoms with Gasteiger partial charge in [0.2, 0.25) is 15.9 Å². The SMILES string of the molecule is CCCCNC(=O)CCCN(C)S(=O)(=O)c1ccc(F)cc1. The Kier molecular flexibility index (Phi) is 7.47. The van der Waals surface area contributed by atoms with E-state index in [1.54, 1.807) is 0 Å². The molecule has 1 rings (SSSR count). The molecule has 0 aromatic heterocycles. The van der Waals surface area contributed by atoms with Gasteiger partial charge in [0.1, 0.15) is 5.82 Å². The third kappa shape index (κ3) is 5.73. The molecule has 1 amide bonds. The summed E-state index contributed by atoms with van der Waals surface area (Å²) in [4.78, 5) is 11.6. The van der Waals surface area contributed by atoms with E-state index in [-0.39, 0.29) is 23.8 Å². The fourth-order valence-electron chi connectivity index (χ4n) is 1.86. The highest BCUT2D eigenvalue weighted by molar-refractivity contribution is 7.89. The van der Waals surface area contributed by atoms with Crippen LogP contribution in [-0.4, -0.2) is 38.8 Å². The van der Waals surface area contributed by atoms with Crippen molar-refractivity contribution >= 4 is 15.9 Å². The summed E-state index contributed by atoms with van der Waals surface area (Å²) in [6.45, 7) is 2.93. The molecule has 0 aliphatic rings. The zero-order chi connectivity index (χ0) is 16.6. The average Bonchev–Trinajstić information content (AvgIpc) is 2.47. The third-order valence-corrected chi connectivity index (χ3v) is 5.12. The van der Waals surface area contributed by atoms with Crippen LogP contribution in [0.2, 0.25) is 0 Å². The summed E-state index contributed by atoms with van der Waals surface area (Å²) in [7, 11) is -2.19. The molecule has 0 bridgehead atoms. The van der Waals surface area contributed by atoms with E-state index in [1.165, 1.54) is 23.5 Å². The summed E-state index contributed by atoms with van der Waals surface area (Å²) in [5.74, 6) is -0.550. The summed E-state index contributed by atoms with van der Waals surface area (Å²) in [5, 5.41) is 2.79. The first kappa shape index (κ1) is 18.6. The molecule has 0 spiro atoms. The molecule has 0 unspecified atom stereocenters. The smallest absolute Gasteiger partial charge is 0.242 e. The maximum atomic E-state index is 12.8. The molecule has 5 nitrogen and oxygen atoms in total. The predicted octanol–water partition coefficient (Wildman–Crippen LogP) is 2.14. The molecule has 0 aliphatic carbocycles. The number of sulfonamides is 1. The number of hydrogen-bond acceptors (Lipinski definition) is 3. The van der Waals surface area contributed by atoms with Crippen LogP contribution in [0.5, 0.6) is 0 Å². The van der Waals surface area contributed by atoms with E-state index in [0.717, 1.165) is 25.0 Å². The summed E-state index contributed by atoms with van der Waals surface area (Å²) in [6.07, 6.45) is 2.67. The van der Waals surface area contributed by atoms with E-state index < -0.39 is 15.8 Å². The lowest BCUT2D eigenvalue weighted by molar-refractivity contribution is -0.121. The van der Waals surface area contributed by atoms with Gasteiger partial charge in [0.05, 0.1) is 4.90 Å². The Morgan fingerprint density at radius 2 is 1.86 bits per heavy atom. The molecule has 0 aliphatic heterocycles. The van der Waals surface area contributed by atoms with Crippen molar-refractivity contribution in [2.45, 2.75) is 37.5 Å². The molecule has 124 valence electrons. The molecule has 0 saturated heterocycles. The van der Waals surface area contributed by atoms with Crippen molar-refractivity contribution in [1.29, 1.82) is 0 Å². The van der Waals surface area contributed by atoms with Crippen LogP contribution in [0.25, 0.3) is 0 Å². The van der Waals surface area contributed by atoms with Crippen molar-refractivity contribution in [3.63, 3.8) is 0 Å². The number of rotatable bonds is 9. The highest BCUT2D eigenvalue weighted by Gasteiger charge is 2.20. The molecule has 0 heterocycles. The minimum absolute atomic E-state index is 0.0452. The van der Waals surface area contributed by atoms with Crippen LogP contribution in [0.3, 0.4) is 0 Å². The number of amides is 1. The van der Waals surface area contributed by atoms with Crippen LogP contribution in [0, 0.1) is 5.82 Å². The monoisotopic (exact) mass is 330 g/mol. The average molecular weight is 330 g/mol. The van der Waals surface area contributed by atoms with Gasteiger partial charge >= 0.3 is 0 Å². The standard InChI is InChI=1S/C15H23FN2O3S/c1-3-4-11-17-15(19)6-5-12-18(2)22(20,21)14-9-7-13(16)8-10-14/h7-10H,3-6,11-12H2,1-2H3,(H,17,19). The second-order valence-corrected chi connectivity index (χ2v) is 7.13. The molecule has 1 aromatic carbocycles. The molecule has 0 atom stereocenters. The van der Waals surface area contributed by atoms with Crippen LogP contribution in [0.15, 0.2) is 29.2 Å². The topological polar surface area (TPSA) is 66.5 Å². The molecular formula is C15H23FN2O3S. The highest BCUT2D eigenvalue weighted by atomic mass is 32.2. The van der Waals surface area contributed by atoms with Gasteiger partial charge in [0.25, 0.3) is 0 Å². The van der Waals surface area contributed by atoms with Gasteiger partial charge in [0, 0.05) is 26.6 Å². The maximum Gasteiger partial charge on any atom is 0.242 e. The molecule has 0 saturated carbocycles. The Morgan fingerprint density at radius 3 is 2.45 bits per heavy atom. The van der Waals surface area contributed by atoms with Crippen LogP contribution in [-0.2, 0) is 14.8 Å². The van der Waals surface area contributed by atoms with Gasteiger partial charge < -0.3 is 5.32 Å². The molecule has 1 N–H and O–H groups in total. The summed E-state index contributed by atoms with van der Waals surface area (Å²) in [5.41, 5.74) is 0. The number of unbranched alkanes of at least 4 members (excludes halogenated alkanes) is 1. The number of hydrogen-bond donors (Lipinski definition) is 1. The fourth-order valence-corrected chi connectivity index (χ4v) is 3.07. The molecule has 1 aromatic rings. The van der Waals surface area contributed by atoms with Gasteiger partial charge in [0.15, 0.2) is 0 Å². The fraction of sp³-hybridized carbons (Fsp3) is 0.533. The van der Waals surface area contributed by atoms with Crippen molar-refractivity contribution < 1.29 is 17.6 Å². The molecular weight excluding hydrogens is 307 g/mol. The van der Waals surface area contributed by atoms with Crippen molar-refractivity contribution in [2.24, 2.45) is 0 Å². The summed E-state index contributed by atoms with van der Waals surface area (Å²) < 4.78 is 38.5. The van der Waals surface area contributed by atoms with Crippen molar-refractivity contribution in [1.82, 2.24) is 9.62 Å². The minimum atomic E-state index is -3.64. The predicted molar refractivity (Wildman–Crippen MR) is 83.4 cm³/mol. The lowest BCUT2D eigenvalue weighted by atomic mass is 10.3. The number of carbonyl (C=O) groups is 1. The quantitative estimate of drug-likeness (QED) is 0.706. The van der Waals surface area contributed by atoms with Gasteiger partial charge in [-0.2, -0.15) is 0 Å². The zero-order valence-electron chi connectivity index (χ0n) is 13.0. The number of carbonyl (C=O) groups excluding carboxylic acids is 1. The number of halogens is 1. The maximum absolute atomic E-state index is 12.8. The van der Waals surface area contributed by atoms with Crippen LogP contribution in [0.1, 0.15) is 32.6 Å². The first-order chi connectivity index (χ1) is 10.4. The van der Waals surface area contributed by atoms with E-state index in [0.29, 0.717) is 13.0 Å². The van der Waals surface area contributed by atoms with Crippen LogP contribution < -0.4 is 5.32 Å². The Morgan fingerprint density at radius 1 is 1.23 bits per heavy atom. The van der Waals surface area contributed by atoms with Crippen LogP contribution >= 0.6 is 0 Å². The first-order valence-corrected chi connectivity index (χ1v) is 8.80. The van der Waals surface area contributed by atoms with Gasteiger partial charge in [-0.1, -0.05) is 13.3 Å². The first-order valence-electron chi connectivity index (χ1n) is 7.36. The highest BCUT2D eigenvalue weighted by Crippen LogP contribution is 2.15. The van der Waals surface area contributed by atoms with Crippen LogP contribution in [0.4, 0.5) is 4.39 Å². The summed E-state index contributed by atoms with van der Waals surface area (Å²) >= 11 is 0.